The fourth-order valence-corrected chi connectivity index (χ4v) is 3.12. The molecule has 7 heteroatoms. The molecule has 0 saturated heterocycles. The average Bonchev–Trinajstić information content (AvgIpc) is 2.56. The largest absolute Gasteiger partial charge is 0.384 e. The molecule has 2 rings (SSSR count). The van der Waals surface area contributed by atoms with Crippen LogP contribution >= 0.6 is 23.4 Å². The van der Waals surface area contributed by atoms with Crippen LogP contribution in [0.5, 0.6) is 0 Å². The van der Waals surface area contributed by atoms with Crippen molar-refractivity contribution in [2.75, 3.05) is 37.2 Å². The van der Waals surface area contributed by atoms with E-state index >= 15 is 0 Å². The molecular formula is C16H21ClN4OS. The van der Waals surface area contributed by atoms with Gasteiger partial charge in [0, 0.05) is 24.8 Å². The SMILES string of the molecule is CNc1c(Cl)ncnc1NC(C)c1ccc(SCCOC)cc1. The number of nitrogens with zero attached hydrogens (tertiary/aromatic N) is 2. The molecule has 124 valence electrons. The zero-order valence-electron chi connectivity index (χ0n) is 13.5. The maximum Gasteiger partial charge on any atom is 0.157 e. The van der Waals surface area contributed by atoms with Crippen molar-refractivity contribution in [1.29, 1.82) is 0 Å². The molecule has 0 aliphatic carbocycles. The molecule has 0 bridgehead atoms. The summed E-state index contributed by atoms with van der Waals surface area (Å²) >= 11 is 7.86. The Balaban J connectivity index is 2.03. The zero-order valence-corrected chi connectivity index (χ0v) is 15.0. The van der Waals surface area contributed by atoms with Gasteiger partial charge in [0.05, 0.1) is 12.6 Å². The highest BCUT2D eigenvalue weighted by Crippen LogP contribution is 2.29. The third-order valence-electron chi connectivity index (χ3n) is 3.34. The lowest BCUT2D eigenvalue weighted by atomic mass is 10.1. The number of hydrogen-bond acceptors (Lipinski definition) is 6. The van der Waals surface area contributed by atoms with E-state index < -0.39 is 0 Å². The minimum absolute atomic E-state index is 0.103. The first-order valence-corrected chi connectivity index (χ1v) is 8.68. The lowest BCUT2D eigenvalue weighted by molar-refractivity contribution is 0.218. The predicted molar refractivity (Wildman–Crippen MR) is 97.7 cm³/mol. The van der Waals surface area contributed by atoms with Crippen LogP contribution in [0.2, 0.25) is 5.15 Å². The van der Waals surface area contributed by atoms with Crippen molar-refractivity contribution in [3.63, 3.8) is 0 Å². The number of methoxy groups -OCH3 is 1. The van der Waals surface area contributed by atoms with E-state index in [2.05, 4.69) is 51.8 Å². The van der Waals surface area contributed by atoms with Gasteiger partial charge in [-0.3, -0.25) is 0 Å². The molecule has 2 N–H and O–H groups in total. The van der Waals surface area contributed by atoms with Gasteiger partial charge in [0.1, 0.15) is 12.0 Å². The molecule has 0 aliphatic rings. The summed E-state index contributed by atoms with van der Waals surface area (Å²) in [5, 5.41) is 6.79. The van der Waals surface area contributed by atoms with Gasteiger partial charge >= 0.3 is 0 Å². The summed E-state index contributed by atoms with van der Waals surface area (Å²) in [6.07, 6.45) is 1.45. The second kappa shape index (κ2) is 8.96. The molecular weight excluding hydrogens is 332 g/mol. The molecule has 0 aliphatic heterocycles. The van der Waals surface area contributed by atoms with Crippen molar-refractivity contribution in [3.05, 3.63) is 41.3 Å². The van der Waals surface area contributed by atoms with E-state index in [4.69, 9.17) is 16.3 Å². The third kappa shape index (κ3) is 4.99. The van der Waals surface area contributed by atoms with Crippen LogP contribution in [0, 0.1) is 0 Å². The Kier molecular flexibility index (Phi) is 6.95. The van der Waals surface area contributed by atoms with Crippen molar-refractivity contribution in [1.82, 2.24) is 9.97 Å². The molecule has 0 amide bonds. The average molecular weight is 353 g/mol. The van der Waals surface area contributed by atoms with E-state index in [1.54, 1.807) is 25.9 Å². The van der Waals surface area contributed by atoms with Crippen LogP contribution in [0.1, 0.15) is 18.5 Å². The number of aromatic nitrogens is 2. The van der Waals surface area contributed by atoms with Crippen LogP contribution in [0.3, 0.4) is 0 Å². The molecule has 0 radical (unpaired) electrons. The topological polar surface area (TPSA) is 59.1 Å². The first kappa shape index (κ1) is 17.8. The van der Waals surface area contributed by atoms with Crippen molar-refractivity contribution in [2.24, 2.45) is 0 Å². The molecule has 0 saturated carbocycles. The molecule has 1 atom stereocenters. The van der Waals surface area contributed by atoms with E-state index in [0.717, 1.165) is 12.4 Å². The van der Waals surface area contributed by atoms with Gasteiger partial charge < -0.3 is 15.4 Å². The van der Waals surface area contributed by atoms with Crippen LogP contribution in [0.4, 0.5) is 11.5 Å². The summed E-state index contributed by atoms with van der Waals surface area (Å²) in [6.45, 7) is 2.84. The Bertz CT molecular complexity index is 624. The fraction of sp³-hybridized carbons (Fsp3) is 0.375. The summed E-state index contributed by atoms with van der Waals surface area (Å²) in [6, 6.07) is 8.59. The van der Waals surface area contributed by atoms with Gasteiger partial charge in [-0.25, -0.2) is 9.97 Å². The Labute approximate surface area is 146 Å². The van der Waals surface area contributed by atoms with E-state index in [9.17, 15) is 0 Å². The van der Waals surface area contributed by atoms with Gasteiger partial charge in [-0.1, -0.05) is 23.7 Å². The minimum Gasteiger partial charge on any atom is -0.384 e. The molecule has 0 fully saturated rings. The number of anilines is 2. The molecule has 23 heavy (non-hydrogen) atoms. The highest BCUT2D eigenvalue weighted by molar-refractivity contribution is 7.99. The molecule has 5 nitrogen and oxygen atoms in total. The highest BCUT2D eigenvalue weighted by Gasteiger charge is 2.12. The van der Waals surface area contributed by atoms with Gasteiger partial charge in [-0.2, -0.15) is 0 Å². The van der Waals surface area contributed by atoms with Crippen LogP contribution < -0.4 is 10.6 Å². The molecule has 1 aromatic heterocycles. The third-order valence-corrected chi connectivity index (χ3v) is 4.60. The second-order valence-electron chi connectivity index (χ2n) is 4.91. The number of nitrogens with one attached hydrogen (secondary N) is 2. The van der Waals surface area contributed by atoms with Crippen LogP contribution in [0.15, 0.2) is 35.5 Å². The molecule has 1 aromatic carbocycles. The van der Waals surface area contributed by atoms with Crippen LogP contribution in [-0.4, -0.2) is 36.5 Å². The highest BCUT2D eigenvalue weighted by atomic mass is 35.5. The standard InChI is InChI=1S/C16H21ClN4OS/c1-11(21-16-14(18-2)15(17)19-10-20-16)12-4-6-13(7-5-12)23-9-8-22-3/h4-7,10-11,18H,8-9H2,1-3H3,(H,19,20,21). The smallest absolute Gasteiger partial charge is 0.157 e. The van der Waals surface area contributed by atoms with Gasteiger partial charge in [-0.15, -0.1) is 11.8 Å². The molecule has 1 unspecified atom stereocenters. The Hall–Kier alpha value is -1.50. The summed E-state index contributed by atoms with van der Waals surface area (Å²) < 4.78 is 5.06. The van der Waals surface area contributed by atoms with Gasteiger partial charge in [0.25, 0.3) is 0 Å². The van der Waals surface area contributed by atoms with Crippen LogP contribution in [-0.2, 0) is 4.74 Å². The summed E-state index contributed by atoms with van der Waals surface area (Å²) in [5.41, 5.74) is 1.88. The van der Waals surface area contributed by atoms with E-state index in [-0.39, 0.29) is 6.04 Å². The summed E-state index contributed by atoms with van der Waals surface area (Å²) in [5.74, 6) is 1.65. The molecule has 1 heterocycles. The minimum atomic E-state index is 0.103. The molecule has 0 spiro atoms. The number of benzene rings is 1. The number of ether oxygens (including phenoxy) is 1. The maximum atomic E-state index is 6.07. The number of halogens is 1. The van der Waals surface area contributed by atoms with Crippen molar-refractivity contribution in [2.45, 2.75) is 17.9 Å². The van der Waals surface area contributed by atoms with E-state index in [0.29, 0.717) is 16.7 Å². The van der Waals surface area contributed by atoms with Crippen molar-refractivity contribution < 1.29 is 4.74 Å². The van der Waals surface area contributed by atoms with Crippen LogP contribution in [0.25, 0.3) is 0 Å². The number of hydrogen-bond donors (Lipinski definition) is 2. The zero-order chi connectivity index (χ0) is 16.7. The maximum absolute atomic E-state index is 6.07. The first-order chi connectivity index (χ1) is 11.2. The normalized spacial score (nSPS) is 12.0. The van der Waals surface area contributed by atoms with Gasteiger partial charge in [0.15, 0.2) is 11.0 Å². The Morgan fingerprint density at radius 3 is 2.65 bits per heavy atom. The van der Waals surface area contributed by atoms with Gasteiger partial charge in [-0.05, 0) is 24.6 Å². The quantitative estimate of drug-likeness (QED) is 0.424. The summed E-state index contributed by atoms with van der Waals surface area (Å²) in [7, 11) is 3.52. The number of rotatable bonds is 8. The monoisotopic (exact) mass is 352 g/mol. The lowest BCUT2D eigenvalue weighted by Crippen LogP contribution is -2.10. The molecule has 2 aromatic rings. The predicted octanol–water partition coefficient (Wildman–Crippen LogP) is 4.08. The lowest BCUT2D eigenvalue weighted by Gasteiger charge is -2.18. The van der Waals surface area contributed by atoms with E-state index in [1.165, 1.54) is 16.8 Å². The fourth-order valence-electron chi connectivity index (χ4n) is 2.08. The Morgan fingerprint density at radius 1 is 1.26 bits per heavy atom. The second-order valence-corrected chi connectivity index (χ2v) is 6.44. The first-order valence-electron chi connectivity index (χ1n) is 7.32. The Morgan fingerprint density at radius 2 is 2.00 bits per heavy atom. The van der Waals surface area contributed by atoms with E-state index in [1.807, 2.05) is 0 Å². The van der Waals surface area contributed by atoms with Crippen molar-refractivity contribution in [3.8, 4) is 0 Å². The van der Waals surface area contributed by atoms with Crippen molar-refractivity contribution >= 4 is 34.9 Å². The summed E-state index contributed by atoms with van der Waals surface area (Å²) in [4.78, 5) is 9.47. The van der Waals surface area contributed by atoms with Gasteiger partial charge in [0.2, 0.25) is 0 Å². The number of thioether (sulfide) groups is 1.